The van der Waals surface area contributed by atoms with Gasteiger partial charge >= 0.3 is 0 Å². The van der Waals surface area contributed by atoms with Gasteiger partial charge < -0.3 is 4.90 Å². The lowest BCUT2D eigenvalue weighted by Crippen LogP contribution is -2.40. The van der Waals surface area contributed by atoms with Crippen LogP contribution < -0.4 is 0 Å². The van der Waals surface area contributed by atoms with Gasteiger partial charge in [0.15, 0.2) is 0 Å². The average Bonchev–Trinajstić information content (AvgIpc) is 2.42. The second-order valence-electron chi connectivity index (χ2n) is 5.80. The predicted molar refractivity (Wildman–Crippen MR) is 85.8 cm³/mol. The minimum atomic E-state index is 0.347. The van der Waals surface area contributed by atoms with E-state index in [0.717, 1.165) is 19.0 Å². The van der Waals surface area contributed by atoms with Crippen molar-refractivity contribution in [3.8, 4) is 0 Å². The summed E-state index contributed by atoms with van der Waals surface area (Å²) in [5, 5.41) is 0. The molecule has 2 nitrogen and oxygen atoms in total. The number of hydrogen-bond donors (Lipinski definition) is 0. The van der Waals surface area contributed by atoms with E-state index in [1.807, 2.05) is 0 Å². The molecule has 2 atom stereocenters. The summed E-state index contributed by atoms with van der Waals surface area (Å²) in [6.07, 6.45) is 10.0. The van der Waals surface area contributed by atoms with Crippen molar-refractivity contribution in [2.24, 2.45) is 10.9 Å². The predicted octanol–water partition coefficient (Wildman–Crippen LogP) is 4.66. The fourth-order valence-corrected chi connectivity index (χ4v) is 3.31. The number of amidine groups is 1. The minimum absolute atomic E-state index is 0.347. The highest BCUT2D eigenvalue weighted by Crippen LogP contribution is 2.23. The Hall–Kier alpha value is -0.790. The Morgan fingerprint density at radius 1 is 1.32 bits per heavy atom. The Kier molecular flexibility index (Phi) is 7.19. The van der Waals surface area contributed by atoms with Crippen LogP contribution in [0.15, 0.2) is 17.6 Å². The first-order valence-electron chi connectivity index (χ1n) is 8.07. The molecule has 0 aliphatic heterocycles. The summed E-state index contributed by atoms with van der Waals surface area (Å²) in [7, 11) is 0. The largest absolute Gasteiger partial charge is 0.358 e. The molecular formula is C17H32N2. The van der Waals surface area contributed by atoms with Crippen molar-refractivity contribution in [1.82, 2.24) is 4.90 Å². The molecule has 1 aliphatic rings. The fourth-order valence-electron chi connectivity index (χ4n) is 3.31. The summed E-state index contributed by atoms with van der Waals surface area (Å²) in [6.45, 7) is 13.9. The van der Waals surface area contributed by atoms with E-state index in [2.05, 4.69) is 45.2 Å². The van der Waals surface area contributed by atoms with Gasteiger partial charge in [-0.15, -0.1) is 6.58 Å². The molecule has 0 aromatic rings. The maximum Gasteiger partial charge on any atom is 0.0963 e. The summed E-state index contributed by atoms with van der Waals surface area (Å²) in [5.41, 5.74) is 0. The lowest BCUT2D eigenvalue weighted by atomic mass is 9.94. The Labute approximate surface area is 120 Å². The molecule has 0 N–H and O–H groups in total. The van der Waals surface area contributed by atoms with Crippen molar-refractivity contribution < 1.29 is 0 Å². The van der Waals surface area contributed by atoms with Crippen LogP contribution in [-0.2, 0) is 0 Å². The van der Waals surface area contributed by atoms with Gasteiger partial charge in [0.25, 0.3) is 0 Å². The maximum atomic E-state index is 4.94. The van der Waals surface area contributed by atoms with E-state index in [-0.39, 0.29) is 0 Å². The highest BCUT2D eigenvalue weighted by atomic mass is 15.2. The van der Waals surface area contributed by atoms with E-state index < -0.39 is 0 Å². The first-order chi connectivity index (χ1) is 9.13. The van der Waals surface area contributed by atoms with Crippen LogP contribution in [0, 0.1) is 5.92 Å². The molecule has 0 heterocycles. The van der Waals surface area contributed by atoms with E-state index >= 15 is 0 Å². The van der Waals surface area contributed by atoms with Crippen LogP contribution in [0.1, 0.15) is 66.2 Å². The highest BCUT2D eigenvalue weighted by Gasteiger charge is 2.21. The van der Waals surface area contributed by atoms with Crippen molar-refractivity contribution in [3.63, 3.8) is 0 Å². The summed E-state index contributed by atoms with van der Waals surface area (Å²) in [6, 6.07) is 1.07. The SMILES string of the molecule is C=CC(CC)C(C)N=C(C)N(CC)C1CCCCC1. The van der Waals surface area contributed by atoms with Gasteiger partial charge in [0.05, 0.1) is 11.9 Å². The van der Waals surface area contributed by atoms with Crippen molar-refractivity contribution >= 4 is 5.84 Å². The molecule has 2 heteroatoms. The molecule has 0 aromatic heterocycles. The van der Waals surface area contributed by atoms with Gasteiger partial charge in [0.1, 0.15) is 0 Å². The Balaban J connectivity index is 2.70. The van der Waals surface area contributed by atoms with Gasteiger partial charge in [0.2, 0.25) is 0 Å². The summed E-state index contributed by atoms with van der Waals surface area (Å²) < 4.78 is 0. The molecule has 110 valence electrons. The molecular weight excluding hydrogens is 232 g/mol. The molecule has 1 fully saturated rings. The van der Waals surface area contributed by atoms with Crippen molar-refractivity contribution in [2.75, 3.05) is 6.54 Å². The van der Waals surface area contributed by atoms with Gasteiger partial charge in [-0.3, -0.25) is 4.99 Å². The second kappa shape index (κ2) is 8.39. The molecule has 0 amide bonds. The van der Waals surface area contributed by atoms with Gasteiger partial charge in [-0.1, -0.05) is 32.3 Å². The van der Waals surface area contributed by atoms with Crippen LogP contribution in [0.3, 0.4) is 0 Å². The molecule has 0 bridgehead atoms. The lowest BCUT2D eigenvalue weighted by Gasteiger charge is -2.35. The minimum Gasteiger partial charge on any atom is -0.358 e. The van der Waals surface area contributed by atoms with E-state index in [4.69, 9.17) is 4.99 Å². The average molecular weight is 264 g/mol. The van der Waals surface area contributed by atoms with Crippen LogP contribution in [-0.4, -0.2) is 29.4 Å². The lowest BCUT2D eigenvalue weighted by molar-refractivity contribution is 0.249. The second-order valence-corrected chi connectivity index (χ2v) is 5.80. The van der Waals surface area contributed by atoms with Crippen LogP contribution >= 0.6 is 0 Å². The Morgan fingerprint density at radius 2 is 1.95 bits per heavy atom. The van der Waals surface area contributed by atoms with Gasteiger partial charge in [0, 0.05) is 12.6 Å². The van der Waals surface area contributed by atoms with E-state index in [1.54, 1.807) is 0 Å². The molecule has 1 saturated carbocycles. The monoisotopic (exact) mass is 264 g/mol. The number of rotatable bonds is 6. The van der Waals surface area contributed by atoms with Crippen molar-refractivity contribution in [2.45, 2.75) is 78.3 Å². The molecule has 19 heavy (non-hydrogen) atoms. The molecule has 2 unspecified atom stereocenters. The van der Waals surface area contributed by atoms with E-state index in [1.165, 1.54) is 37.9 Å². The molecule has 0 spiro atoms. The first-order valence-corrected chi connectivity index (χ1v) is 8.07. The normalized spacial score (nSPS) is 20.9. The van der Waals surface area contributed by atoms with Gasteiger partial charge in [-0.25, -0.2) is 0 Å². The molecule has 1 rings (SSSR count). The van der Waals surface area contributed by atoms with E-state index in [0.29, 0.717) is 12.0 Å². The van der Waals surface area contributed by atoms with E-state index in [9.17, 15) is 0 Å². The zero-order valence-electron chi connectivity index (χ0n) is 13.4. The number of nitrogens with zero attached hydrogens (tertiary/aromatic N) is 2. The maximum absolute atomic E-state index is 4.94. The van der Waals surface area contributed by atoms with Crippen molar-refractivity contribution in [3.05, 3.63) is 12.7 Å². The zero-order valence-corrected chi connectivity index (χ0v) is 13.4. The Bertz CT molecular complexity index is 290. The third-order valence-corrected chi connectivity index (χ3v) is 4.56. The molecule has 0 saturated heterocycles. The van der Waals surface area contributed by atoms with Crippen molar-refractivity contribution in [1.29, 1.82) is 0 Å². The number of aliphatic imine (C=N–C) groups is 1. The molecule has 1 aliphatic carbocycles. The quantitative estimate of drug-likeness (QED) is 0.387. The zero-order chi connectivity index (χ0) is 14.3. The van der Waals surface area contributed by atoms with Crippen LogP contribution in [0.2, 0.25) is 0 Å². The Morgan fingerprint density at radius 3 is 2.42 bits per heavy atom. The smallest absolute Gasteiger partial charge is 0.0963 e. The standard InChI is InChI=1S/C17H32N2/c1-6-16(7-2)14(4)18-15(5)19(8-3)17-12-10-9-11-13-17/h6,14,16-17H,1,7-13H2,2-5H3. The van der Waals surface area contributed by atoms with Gasteiger partial charge in [-0.05, 0) is 46.0 Å². The third kappa shape index (κ3) is 4.67. The third-order valence-electron chi connectivity index (χ3n) is 4.56. The number of hydrogen-bond acceptors (Lipinski definition) is 1. The van der Waals surface area contributed by atoms with Crippen LogP contribution in [0.25, 0.3) is 0 Å². The highest BCUT2D eigenvalue weighted by molar-refractivity contribution is 5.80. The summed E-state index contributed by atoms with van der Waals surface area (Å²) in [4.78, 5) is 7.46. The van der Waals surface area contributed by atoms with Crippen LogP contribution in [0.5, 0.6) is 0 Å². The first kappa shape index (κ1) is 16.3. The summed E-state index contributed by atoms with van der Waals surface area (Å²) >= 11 is 0. The summed E-state index contributed by atoms with van der Waals surface area (Å²) in [5.74, 6) is 1.72. The van der Waals surface area contributed by atoms with Gasteiger partial charge in [-0.2, -0.15) is 0 Å². The molecule has 0 aromatic carbocycles. The molecule has 0 radical (unpaired) electrons. The fraction of sp³-hybridized carbons (Fsp3) is 0.824. The van der Waals surface area contributed by atoms with Crippen LogP contribution in [0.4, 0.5) is 0 Å². The topological polar surface area (TPSA) is 15.6 Å².